The Bertz CT molecular complexity index is 1640. The Morgan fingerprint density at radius 1 is 0.231 bits per heavy atom. The number of alkyl halides is 15. The molecule has 280 valence electrons. The van der Waals surface area contributed by atoms with E-state index in [9.17, 15) is 65.9 Å². The van der Waals surface area contributed by atoms with E-state index in [1.165, 1.54) is 0 Å². The van der Waals surface area contributed by atoms with E-state index in [-0.39, 0.29) is 35.0 Å². The zero-order valence-corrected chi connectivity index (χ0v) is 29.8. The van der Waals surface area contributed by atoms with Crippen LogP contribution in [-0.4, -0.2) is 16.8 Å². The summed E-state index contributed by atoms with van der Waals surface area (Å²) >= 11 is -6.84. The number of hydrogen-bond donors (Lipinski definition) is 0. The summed E-state index contributed by atoms with van der Waals surface area (Å²) in [5.74, 6) is 0. The summed E-state index contributed by atoms with van der Waals surface area (Å²) in [6, 6.07) is 14.7. The fraction of sp³-hybridized carbons (Fsp3) is 0.143. The molecule has 0 heterocycles. The molecule has 0 saturated carbocycles. The van der Waals surface area contributed by atoms with Crippen LogP contribution in [0.15, 0.2) is 121 Å². The molecule has 0 aliphatic rings. The third-order valence-electron chi connectivity index (χ3n) is 8.56. The van der Waals surface area contributed by atoms with Gasteiger partial charge in [-0.05, 0) is 0 Å². The van der Waals surface area contributed by atoms with E-state index in [1.54, 1.807) is 0 Å². The fourth-order valence-corrected chi connectivity index (χ4v) is 25.4. The second-order valence-corrected chi connectivity index (χ2v) is 25.1. The maximum atomic E-state index is 13.8. The second-order valence-electron chi connectivity index (χ2n) is 11.3. The Morgan fingerprint density at radius 3 is 0.442 bits per heavy atom. The predicted molar refractivity (Wildman–Crippen MR) is 173 cm³/mol. The van der Waals surface area contributed by atoms with E-state index >= 15 is 0 Å². The molecule has 0 saturated heterocycles. The van der Waals surface area contributed by atoms with Crippen molar-refractivity contribution < 1.29 is 65.9 Å². The van der Waals surface area contributed by atoms with Gasteiger partial charge < -0.3 is 0 Å². The topological polar surface area (TPSA) is 0 Å². The summed E-state index contributed by atoms with van der Waals surface area (Å²) in [6.45, 7) is 0. The van der Waals surface area contributed by atoms with Crippen molar-refractivity contribution in [2.75, 3.05) is 0 Å². The van der Waals surface area contributed by atoms with Crippen molar-refractivity contribution in [2.45, 2.75) is 30.9 Å². The van der Waals surface area contributed by atoms with Crippen LogP contribution in [0.3, 0.4) is 0 Å². The van der Waals surface area contributed by atoms with E-state index in [4.69, 9.17) is 0 Å². The first-order valence-electron chi connectivity index (χ1n) is 14.3. The normalized spacial score (nSPS) is 13.9. The van der Waals surface area contributed by atoms with Crippen LogP contribution in [0.4, 0.5) is 65.9 Å². The summed E-state index contributed by atoms with van der Waals surface area (Å²) in [6.07, 6.45) is -24.8. The number of rotatable bonds is 5. The van der Waals surface area contributed by atoms with Gasteiger partial charge in [0.05, 0.1) is 0 Å². The van der Waals surface area contributed by atoms with Gasteiger partial charge >= 0.3 is 281 Å². The summed E-state index contributed by atoms with van der Waals surface area (Å²) in [7, 11) is 0. The van der Waals surface area contributed by atoms with E-state index in [0.717, 1.165) is 60.7 Å². The molecule has 0 aliphatic carbocycles. The minimum absolute atomic E-state index is 0. The molecule has 0 aromatic heterocycles. The van der Waals surface area contributed by atoms with Gasteiger partial charge in [-0.2, -0.15) is 0 Å². The fourth-order valence-electron chi connectivity index (χ4n) is 6.23. The zero-order chi connectivity index (χ0) is 37.9. The van der Waals surface area contributed by atoms with Gasteiger partial charge in [-0.1, -0.05) is 0 Å². The Balaban J connectivity index is 0.00000605. The van der Waals surface area contributed by atoms with Gasteiger partial charge in [-0.25, -0.2) is 0 Å². The quantitative estimate of drug-likeness (QED) is 0.122. The van der Waals surface area contributed by atoms with Crippen molar-refractivity contribution in [3.05, 3.63) is 149 Å². The van der Waals surface area contributed by atoms with Crippen LogP contribution in [0.2, 0.25) is 0 Å². The molecule has 0 spiro atoms. The van der Waals surface area contributed by atoms with Crippen molar-refractivity contribution in [1.82, 2.24) is 0 Å². The molecule has 17 heteroatoms. The molecule has 5 aromatic carbocycles. The van der Waals surface area contributed by atoms with Gasteiger partial charge in [0.1, 0.15) is 0 Å². The Labute approximate surface area is 296 Å². The molecule has 5 aromatic rings. The molecule has 0 radical (unpaired) electrons. The van der Waals surface area contributed by atoms with Gasteiger partial charge in [0.2, 0.25) is 0 Å². The molecule has 52 heavy (non-hydrogen) atoms. The standard InChI is InChI=1S/C35H21F15Te.BrH/c36-31(37,38)21-1-11-26(12-2-21)51(27-13-3-22(4-14-27)32(39,40)41,28-15-5-23(6-16-28)33(42,43)44,29-17-7-24(8-18-29)34(45,46)47)30-19-9-25(10-20-30)35(48,49)50;/h1-20,51H;1H. The first-order chi connectivity index (χ1) is 23.4. The van der Waals surface area contributed by atoms with Crippen LogP contribution >= 0.6 is 17.0 Å². The van der Waals surface area contributed by atoms with Crippen molar-refractivity contribution in [1.29, 1.82) is 0 Å². The van der Waals surface area contributed by atoms with Crippen LogP contribution in [0.25, 0.3) is 0 Å². The molecule has 0 bridgehead atoms. The van der Waals surface area contributed by atoms with Crippen molar-refractivity contribution in [2.24, 2.45) is 0 Å². The third kappa shape index (κ3) is 7.03. The second kappa shape index (κ2) is 13.6. The summed E-state index contributed by atoms with van der Waals surface area (Å²) in [4.78, 5) is 0. The Morgan fingerprint density at radius 2 is 0.346 bits per heavy atom. The van der Waals surface area contributed by atoms with Crippen molar-refractivity contribution in [3.63, 3.8) is 0 Å². The third-order valence-corrected chi connectivity index (χ3v) is 27.5. The van der Waals surface area contributed by atoms with Crippen LogP contribution in [0, 0.1) is 0 Å². The van der Waals surface area contributed by atoms with E-state index in [1.807, 2.05) is 0 Å². The maximum absolute atomic E-state index is 13.8. The Hall–Kier alpha value is -3.68. The van der Waals surface area contributed by atoms with E-state index in [0.29, 0.717) is 60.7 Å². The van der Waals surface area contributed by atoms with E-state index < -0.39 is 75.5 Å². The van der Waals surface area contributed by atoms with Gasteiger partial charge in [0.25, 0.3) is 0 Å². The van der Waals surface area contributed by atoms with Crippen molar-refractivity contribution >= 4 is 51.8 Å². The molecule has 5 rings (SSSR count). The van der Waals surface area contributed by atoms with Crippen molar-refractivity contribution in [3.8, 4) is 0 Å². The first kappa shape index (κ1) is 41.1. The molecule has 0 aliphatic heterocycles. The predicted octanol–water partition coefficient (Wildman–Crippen LogP) is 9.33. The SMILES string of the molecule is Br.FC(F)(F)c1ccc([TeH](c2ccc(C(F)(F)F)cc2)(c2ccc(C(F)(F)F)cc2)(c2ccc(C(F)(F)F)cc2)c2ccc(C(F)(F)F)cc2)cc1. The summed E-state index contributed by atoms with van der Waals surface area (Å²) in [5, 5.41) is 0. The Kier molecular flexibility index (Phi) is 10.8. The number of halogens is 16. The molecular weight excluding hydrogens is 913 g/mol. The van der Waals surface area contributed by atoms with Gasteiger partial charge in [0, 0.05) is 0 Å². The average Bonchev–Trinajstić information content (AvgIpc) is 3.05. The van der Waals surface area contributed by atoms with Crippen LogP contribution < -0.4 is 18.1 Å². The molecule has 0 nitrogen and oxygen atoms in total. The molecule has 0 unspecified atom stereocenters. The van der Waals surface area contributed by atoms with Gasteiger partial charge in [0.15, 0.2) is 0 Å². The number of hydrogen-bond acceptors (Lipinski definition) is 0. The van der Waals surface area contributed by atoms with Crippen LogP contribution in [0.1, 0.15) is 27.8 Å². The number of benzene rings is 5. The molecule has 0 fully saturated rings. The molecule has 0 atom stereocenters. The first-order valence-corrected chi connectivity index (χ1v) is 20.7. The van der Waals surface area contributed by atoms with Crippen LogP contribution in [-0.2, 0) is 30.9 Å². The minimum atomic E-state index is -6.84. The summed E-state index contributed by atoms with van der Waals surface area (Å²) in [5.41, 5.74) is -6.18. The van der Waals surface area contributed by atoms with E-state index in [2.05, 4.69) is 0 Å². The monoisotopic (exact) mass is 936 g/mol. The molecular formula is C35H22BrF15Te. The summed E-state index contributed by atoms with van der Waals surface area (Å²) < 4.78 is 206. The molecule has 0 N–H and O–H groups in total. The van der Waals surface area contributed by atoms with Gasteiger partial charge in [-0.15, -0.1) is 17.0 Å². The zero-order valence-electron chi connectivity index (χ0n) is 25.6. The average molecular weight is 935 g/mol. The molecule has 0 amide bonds. The van der Waals surface area contributed by atoms with Gasteiger partial charge in [-0.3, -0.25) is 0 Å². The van der Waals surface area contributed by atoms with Crippen LogP contribution in [0.5, 0.6) is 0 Å².